The van der Waals surface area contributed by atoms with E-state index in [1.807, 2.05) is 18.2 Å². The first-order valence-electron chi connectivity index (χ1n) is 6.82. The second-order valence-corrected chi connectivity index (χ2v) is 5.76. The Balaban J connectivity index is 1.70. The largest absolute Gasteiger partial charge is 0.493 e. The molecule has 0 saturated heterocycles. The van der Waals surface area contributed by atoms with Gasteiger partial charge in [-0.15, -0.1) is 0 Å². The number of hydrogen-bond donors (Lipinski definition) is 1. The van der Waals surface area contributed by atoms with Crippen LogP contribution < -0.4 is 10.1 Å². The number of carbonyl (C=O) groups is 1. The molecule has 0 aromatic heterocycles. The summed E-state index contributed by atoms with van der Waals surface area (Å²) in [6, 6.07) is 10.8. The summed E-state index contributed by atoms with van der Waals surface area (Å²) in [5, 5.41) is 3.67. The maximum Gasteiger partial charge on any atom is 0.248 e. The number of nitrogens with one attached hydrogen (secondary N) is 1. The molecule has 1 aliphatic heterocycles. The van der Waals surface area contributed by atoms with E-state index in [4.69, 9.17) is 27.9 Å². The highest BCUT2D eigenvalue weighted by Gasteiger charge is 2.11. The summed E-state index contributed by atoms with van der Waals surface area (Å²) in [4.78, 5) is 12.0. The number of benzene rings is 2. The van der Waals surface area contributed by atoms with Gasteiger partial charge in [-0.25, -0.2) is 0 Å². The lowest BCUT2D eigenvalue weighted by molar-refractivity contribution is -0.111. The molecule has 1 aliphatic rings. The van der Waals surface area contributed by atoms with Crippen LogP contribution in [0, 0.1) is 0 Å². The van der Waals surface area contributed by atoms with Crippen LogP contribution in [0.2, 0.25) is 10.0 Å². The fourth-order valence-corrected chi connectivity index (χ4v) is 2.59. The summed E-state index contributed by atoms with van der Waals surface area (Å²) in [6.07, 6.45) is 4.13. The lowest BCUT2D eigenvalue weighted by atomic mass is 10.1. The quantitative estimate of drug-likeness (QED) is 0.835. The first-order chi connectivity index (χ1) is 10.6. The van der Waals surface area contributed by atoms with Gasteiger partial charge in [-0.3, -0.25) is 4.79 Å². The molecular formula is C17H13Cl2NO2. The van der Waals surface area contributed by atoms with Crippen LogP contribution in [0.25, 0.3) is 6.08 Å². The molecule has 1 heterocycles. The molecule has 0 spiro atoms. The third-order valence-electron chi connectivity index (χ3n) is 3.33. The van der Waals surface area contributed by atoms with Crippen molar-refractivity contribution >= 4 is 40.9 Å². The van der Waals surface area contributed by atoms with Gasteiger partial charge in [0.25, 0.3) is 0 Å². The molecule has 2 aromatic rings. The van der Waals surface area contributed by atoms with Crippen LogP contribution in [0.15, 0.2) is 42.5 Å². The molecule has 2 aromatic carbocycles. The Bertz CT molecular complexity index is 756. The number of anilines is 1. The van der Waals surface area contributed by atoms with Gasteiger partial charge < -0.3 is 10.1 Å². The summed E-state index contributed by atoms with van der Waals surface area (Å²) >= 11 is 11.9. The first-order valence-corrected chi connectivity index (χ1v) is 7.57. The highest BCUT2D eigenvalue weighted by molar-refractivity contribution is 6.35. The maximum atomic E-state index is 12.0. The van der Waals surface area contributed by atoms with Crippen LogP contribution in [0.1, 0.15) is 11.1 Å². The van der Waals surface area contributed by atoms with Crippen molar-refractivity contribution in [2.75, 3.05) is 11.9 Å². The third-order valence-corrected chi connectivity index (χ3v) is 3.89. The molecule has 0 atom stereocenters. The van der Waals surface area contributed by atoms with Crippen molar-refractivity contribution in [3.63, 3.8) is 0 Å². The van der Waals surface area contributed by atoms with Gasteiger partial charge in [0.2, 0.25) is 5.91 Å². The highest BCUT2D eigenvalue weighted by atomic mass is 35.5. The normalized spacial score (nSPS) is 13.0. The molecule has 0 saturated carbocycles. The highest BCUT2D eigenvalue weighted by Crippen LogP contribution is 2.27. The van der Waals surface area contributed by atoms with Gasteiger partial charge in [0.15, 0.2) is 0 Å². The Labute approximate surface area is 138 Å². The monoisotopic (exact) mass is 333 g/mol. The number of carbonyl (C=O) groups excluding carboxylic acids is 1. The van der Waals surface area contributed by atoms with Gasteiger partial charge in [0.1, 0.15) is 5.75 Å². The zero-order valence-electron chi connectivity index (χ0n) is 11.6. The summed E-state index contributed by atoms with van der Waals surface area (Å²) < 4.78 is 5.45. The number of hydrogen-bond acceptors (Lipinski definition) is 2. The minimum Gasteiger partial charge on any atom is -0.493 e. The molecule has 1 amide bonds. The number of rotatable bonds is 3. The topological polar surface area (TPSA) is 38.3 Å². The maximum absolute atomic E-state index is 12.0. The summed E-state index contributed by atoms with van der Waals surface area (Å²) in [6.45, 7) is 0.719. The summed E-state index contributed by atoms with van der Waals surface area (Å²) in [5.74, 6) is 0.660. The summed E-state index contributed by atoms with van der Waals surface area (Å²) in [7, 11) is 0. The molecule has 112 valence electrons. The minimum atomic E-state index is -0.263. The van der Waals surface area contributed by atoms with Gasteiger partial charge in [0.05, 0.1) is 17.3 Å². The molecule has 3 rings (SSSR count). The van der Waals surface area contributed by atoms with Crippen LogP contribution in [0.4, 0.5) is 5.69 Å². The van der Waals surface area contributed by atoms with E-state index in [9.17, 15) is 4.79 Å². The first kappa shape index (κ1) is 14.9. The van der Waals surface area contributed by atoms with E-state index in [1.54, 1.807) is 24.3 Å². The lowest BCUT2D eigenvalue weighted by Gasteiger charge is -2.05. The molecule has 0 fully saturated rings. The third kappa shape index (κ3) is 3.43. The molecule has 1 N–H and O–H groups in total. The Morgan fingerprint density at radius 1 is 1.18 bits per heavy atom. The van der Waals surface area contributed by atoms with Crippen molar-refractivity contribution in [2.24, 2.45) is 0 Å². The number of halogens is 2. The predicted molar refractivity (Wildman–Crippen MR) is 89.8 cm³/mol. The van der Waals surface area contributed by atoms with Gasteiger partial charge in [0, 0.05) is 17.5 Å². The van der Waals surface area contributed by atoms with Crippen molar-refractivity contribution < 1.29 is 9.53 Å². The standard InChI is InChI=1S/C17H13Cl2NO2/c18-13-3-4-14(19)15(10-13)20-17(21)6-2-11-1-5-16-12(9-11)7-8-22-16/h1-6,9-10H,7-8H2,(H,20,21)/b6-2+. The Morgan fingerprint density at radius 3 is 2.91 bits per heavy atom. The van der Waals surface area contributed by atoms with Crippen molar-refractivity contribution in [3.05, 3.63) is 63.6 Å². The van der Waals surface area contributed by atoms with Crippen LogP contribution in [0.5, 0.6) is 5.75 Å². The van der Waals surface area contributed by atoms with E-state index in [2.05, 4.69) is 5.32 Å². The minimum absolute atomic E-state index is 0.263. The smallest absolute Gasteiger partial charge is 0.248 e. The van der Waals surface area contributed by atoms with E-state index >= 15 is 0 Å². The van der Waals surface area contributed by atoms with Gasteiger partial charge >= 0.3 is 0 Å². The second kappa shape index (κ2) is 6.42. The molecular weight excluding hydrogens is 321 g/mol. The van der Waals surface area contributed by atoms with E-state index in [-0.39, 0.29) is 5.91 Å². The molecule has 3 nitrogen and oxygen atoms in total. The molecule has 0 aliphatic carbocycles. The van der Waals surface area contributed by atoms with E-state index in [0.29, 0.717) is 15.7 Å². The molecule has 0 bridgehead atoms. The Morgan fingerprint density at radius 2 is 2.05 bits per heavy atom. The molecule has 0 unspecified atom stereocenters. The molecule has 5 heteroatoms. The van der Waals surface area contributed by atoms with Crippen molar-refractivity contribution in [3.8, 4) is 5.75 Å². The van der Waals surface area contributed by atoms with E-state index in [0.717, 1.165) is 24.3 Å². The fraction of sp³-hybridized carbons (Fsp3) is 0.118. The van der Waals surface area contributed by atoms with Gasteiger partial charge in [-0.1, -0.05) is 29.3 Å². The Kier molecular flexibility index (Phi) is 4.36. The Hall–Kier alpha value is -1.97. The van der Waals surface area contributed by atoms with Crippen LogP contribution in [0.3, 0.4) is 0 Å². The van der Waals surface area contributed by atoms with Crippen LogP contribution >= 0.6 is 23.2 Å². The second-order valence-electron chi connectivity index (χ2n) is 4.91. The van der Waals surface area contributed by atoms with Crippen LogP contribution in [-0.2, 0) is 11.2 Å². The number of amides is 1. The SMILES string of the molecule is O=C(/C=C/c1ccc2c(c1)CCO2)Nc1cc(Cl)ccc1Cl. The van der Waals surface area contributed by atoms with E-state index < -0.39 is 0 Å². The average molecular weight is 334 g/mol. The van der Waals surface area contributed by atoms with Gasteiger partial charge in [-0.05, 0) is 47.5 Å². The molecule has 0 radical (unpaired) electrons. The van der Waals surface area contributed by atoms with Gasteiger partial charge in [-0.2, -0.15) is 0 Å². The number of ether oxygens (including phenoxy) is 1. The average Bonchev–Trinajstić information content (AvgIpc) is 2.96. The molecule has 22 heavy (non-hydrogen) atoms. The summed E-state index contributed by atoms with van der Waals surface area (Å²) in [5.41, 5.74) is 2.61. The zero-order chi connectivity index (χ0) is 15.5. The van der Waals surface area contributed by atoms with Crippen molar-refractivity contribution in [2.45, 2.75) is 6.42 Å². The van der Waals surface area contributed by atoms with E-state index in [1.165, 1.54) is 11.6 Å². The fourth-order valence-electron chi connectivity index (χ4n) is 2.25. The van der Waals surface area contributed by atoms with Crippen molar-refractivity contribution in [1.29, 1.82) is 0 Å². The number of fused-ring (bicyclic) bond motifs is 1. The lowest BCUT2D eigenvalue weighted by Crippen LogP contribution is -2.08. The van der Waals surface area contributed by atoms with Crippen molar-refractivity contribution in [1.82, 2.24) is 0 Å². The zero-order valence-corrected chi connectivity index (χ0v) is 13.1. The predicted octanol–water partition coefficient (Wildman–Crippen LogP) is 4.58. The van der Waals surface area contributed by atoms with Crippen LogP contribution in [-0.4, -0.2) is 12.5 Å².